The van der Waals surface area contributed by atoms with Crippen molar-refractivity contribution < 1.29 is 14.3 Å². The third-order valence-corrected chi connectivity index (χ3v) is 7.98. The molecule has 1 amide bonds. The monoisotopic (exact) mass is 579 g/mol. The molecule has 0 bridgehead atoms. The van der Waals surface area contributed by atoms with Crippen LogP contribution in [-0.2, 0) is 6.42 Å². The minimum Gasteiger partial charge on any atom is -0.396 e. The van der Waals surface area contributed by atoms with Gasteiger partial charge in [0.25, 0.3) is 5.91 Å². The minimum atomic E-state index is -0.426. The molecule has 1 saturated heterocycles. The summed E-state index contributed by atoms with van der Waals surface area (Å²) in [6, 6.07) is 19.2. The number of piperidine rings is 1. The number of carbonyl (C=O) groups is 1. The maximum atomic E-state index is 13.5. The number of rotatable bonds is 9. The molecule has 3 aromatic carbocycles. The van der Waals surface area contributed by atoms with Crippen LogP contribution < -0.4 is 11.1 Å². The van der Waals surface area contributed by atoms with Gasteiger partial charge in [0.15, 0.2) is 11.6 Å². The lowest BCUT2D eigenvalue weighted by Gasteiger charge is -2.30. The van der Waals surface area contributed by atoms with Crippen molar-refractivity contribution in [1.82, 2.24) is 24.8 Å². The largest absolute Gasteiger partial charge is 0.396 e. The van der Waals surface area contributed by atoms with Gasteiger partial charge in [-0.05, 0) is 99.3 Å². The van der Waals surface area contributed by atoms with Crippen molar-refractivity contribution in [3.05, 3.63) is 89.9 Å². The number of hydrogen-bond donors (Lipinski definition) is 4. The van der Waals surface area contributed by atoms with Crippen molar-refractivity contribution in [2.24, 2.45) is 5.92 Å². The molecule has 1 fully saturated rings. The van der Waals surface area contributed by atoms with E-state index in [-0.39, 0.29) is 11.7 Å². The molecule has 0 aliphatic carbocycles. The molecule has 5 aromatic rings. The van der Waals surface area contributed by atoms with Gasteiger partial charge in [0.1, 0.15) is 11.5 Å². The van der Waals surface area contributed by atoms with Crippen LogP contribution in [0.25, 0.3) is 33.8 Å². The van der Waals surface area contributed by atoms with Gasteiger partial charge >= 0.3 is 0 Å². The number of carbonyl (C=O) groups excluding carboxylic acids is 1. The first kappa shape index (κ1) is 28.4. The number of anilines is 2. The Hall–Kier alpha value is -4.67. The molecule has 1 aliphatic rings. The van der Waals surface area contributed by atoms with Gasteiger partial charge in [0.2, 0.25) is 0 Å². The predicted octanol–water partition coefficient (Wildman–Crippen LogP) is 5.30. The average molecular weight is 580 g/mol. The molecule has 5 N–H and O–H groups in total. The summed E-state index contributed by atoms with van der Waals surface area (Å²) in [5.41, 5.74) is 11.6. The number of imidazole rings is 1. The van der Waals surface area contributed by atoms with Crippen molar-refractivity contribution in [2.75, 3.05) is 37.3 Å². The molecule has 43 heavy (non-hydrogen) atoms. The maximum Gasteiger partial charge on any atom is 0.255 e. The molecule has 6 rings (SSSR count). The van der Waals surface area contributed by atoms with Gasteiger partial charge in [0.05, 0.1) is 22.9 Å². The number of nitrogen functional groups attached to an aromatic ring is 1. The summed E-state index contributed by atoms with van der Waals surface area (Å²) in [6.07, 6.45) is 5.83. The number of aliphatic hydroxyl groups is 1. The third kappa shape index (κ3) is 6.71. The molecule has 0 atom stereocenters. The number of nitrogens with one attached hydrogen (secondary N) is 2. The standard InChI is InChI=1S/C33H34FN7O2/c34-25-7-2-8-26(18-25)37-33(43)24-9-10-27-28(17-24)40-32(39-27)30-31(35)36-19-29(38-30)23-6-1-4-21(16-23)5-3-13-41-14-11-22(20-42)12-15-41/h1-2,4,6-10,16-19,22,42H,3,5,11-15,20H2,(H2,35,36)(H,37,43)(H,39,40). The molecule has 0 radical (unpaired) electrons. The highest BCUT2D eigenvalue weighted by atomic mass is 19.1. The summed E-state index contributed by atoms with van der Waals surface area (Å²) < 4.78 is 13.5. The van der Waals surface area contributed by atoms with Crippen LogP contribution in [0.3, 0.4) is 0 Å². The number of aryl methyl sites for hydroxylation is 1. The Kier molecular flexibility index (Phi) is 8.39. The first-order valence-electron chi connectivity index (χ1n) is 14.6. The summed E-state index contributed by atoms with van der Waals surface area (Å²) in [4.78, 5) is 32.4. The van der Waals surface area contributed by atoms with Crippen LogP contribution in [0.4, 0.5) is 15.9 Å². The highest BCUT2D eigenvalue weighted by molar-refractivity contribution is 6.06. The van der Waals surface area contributed by atoms with Gasteiger partial charge in [-0.25, -0.2) is 19.3 Å². The molecule has 9 nitrogen and oxygen atoms in total. The second kappa shape index (κ2) is 12.7. The molecule has 0 saturated carbocycles. The van der Waals surface area contributed by atoms with E-state index < -0.39 is 5.82 Å². The van der Waals surface area contributed by atoms with Gasteiger partial charge in [0, 0.05) is 23.4 Å². The van der Waals surface area contributed by atoms with Crippen molar-refractivity contribution >= 4 is 28.4 Å². The number of amides is 1. The zero-order valence-electron chi connectivity index (χ0n) is 23.8. The third-order valence-electron chi connectivity index (χ3n) is 7.98. The number of fused-ring (bicyclic) bond motifs is 1. The second-order valence-electron chi connectivity index (χ2n) is 11.0. The summed E-state index contributed by atoms with van der Waals surface area (Å²) in [6.45, 7) is 3.46. The number of likely N-dealkylation sites (tertiary alicyclic amines) is 1. The molecular formula is C33H34FN7O2. The van der Waals surface area contributed by atoms with E-state index in [0.29, 0.717) is 52.0 Å². The van der Waals surface area contributed by atoms with Gasteiger partial charge in [-0.1, -0.05) is 24.3 Å². The van der Waals surface area contributed by atoms with Crippen LogP contribution in [0.5, 0.6) is 0 Å². The summed E-state index contributed by atoms with van der Waals surface area (Å²) in [7, 11) is 0. The van der Waals surface area contributed by atoms with Crippen LogP contribution in [0.2, 0.25) is 0 Å². The normalized spacial score (nSPS) is 14.3. The van der Waals surface area contributed by atoms with E-state index >= 15 is 0 Å². The molecule has 1 aliphatic heterocycles. The van der Waals surface area contributed by atoms with Crippen LogP contribution >= 0.6 is 0 Å². The smallest absolute Gasteiger partial charge is 0.255 e. The molecule has 0 spiro atoms. The molecular weight excluding hydrogens is 545 g/mol. The molecule has 220 valence electrons. The lowest BCUT2D eigenvalue weighted by molar-refractivity contribution is 0.102. The predicted molar refractivity (Wildman–Crippen MR) is 166 cm³/mol. The number of aromatic nitrogens is 4. The Morgan fingerprint density at radius 2 is 1.91 bits per heavy atom. The SMILES string of the molecule is Nc1ncc(-c2cccc(CCCN3CCC(CO)CC3)c2)nc1-c1nc2ccc(C(=O)Nc3cccc(F)c3)cc2[nH]1. The van der Waals surface area contributed by atoms with E-state index in [0.717, 1.165) is 50.9 Å². The van der Waals surface area contributed by atoms with Gasteiger partial charge in [-0.3, -0.25) is 4.79 Å². The molecule has 2 aromatic heterocycles. The average Bonchev–Trinajstić information content (AvgIpc) is 3.45. The van der Waals surface area contributed by atoms with E-state index in [2.05, 4.69) is 37.3 Å². The Labute approximate surface area is 249 Å². The van der Waals surface area contributed by atoms with Gasteiger partial charge < -0.3 is 26.0 Å². The van der Waals surface area contributed by atoms with Crippen molar-refractivity contribution in [3.63, 3.8) is 0 Å². The zero-order chi connectivity index (χ0) is 29.8. The number of nitrogens with two attached hydrogens (primary N) is 1. The van der Waals surface area contributed by atoms with Crippen LogP contribution in [0.15, 0.2) is 72.9 Å². The zero-order valence-corrected chi connectivity index (χ0v) is 23.8. The number of nitrogens with zero attached hydrogens (tertiary/aromatic N) is 4. The topological polar surface area (TPSA) is 133 Å². The lowest BCUT2D eigenvalue weighted by Crippen LogP contribution is -2.35. The van der Waals surface area contributed by atoms with Crippen molar-refractivity contribution in [3.8, 4) is 22.8 Å². The Bertz CT molecular complexity index is 1750. The highest BCUT2D eigenvalue weighted by Crippen LogP contribution is 2.27. The molecule has 3 heterocycles. The first-order chi connectivity index (χ1) is 20.9. The Morgan fingerprint density at radius 3 is 2.72 bits per heavy atom. The maximum absolute atomic E-state index is 13.5. The van der Waals surface area contributed by atoms with Crippen LogP contribution in [0.1, 0.15) is 35.2 Å². The fourth-order valence-corrected chi connectivity index (χ4v) is 5.53. The number of hydrogen-bond acceptors (Lipinski definition) is 7. The number of H-pyrrole nitrogens is 1. The quantitative estimate of drug-likeness (QED) is 0.186. The summed E-state index contributed by atoms with van der Waals surface area (Å²) in [5, 5.41) is 12.1. The number of halogens is 1. The van der Waals surface area contributed by atoms with Crippen molar-refractivity contribution in [1.29, 1.82) is 0 Å². The number of benzene rings is 3. The Morgan fingerprint density at radius 1 is 1.07 bits per heavy atom. The van der Waals surface area contributed by atoms with E-state index in [1.165, 1.54) is 23.8 Å². The lowest BCUT2D eigenvalue weighted by atomic mass is 9.97. The number of aromatic amines is 1. The van der Waals surface area contributed by atoms with Gasteiger partial charge in [-0.2, -0.15) is 0 Å². The Balaban J connectivity index is 1.16. The second-order valence-corrected chi connectivity index (χ2v) is 11.0. The molecule has 10 heteroatoms. The minimum absolute atomic E-state index is 0.244. The summed E-state index contributed by atoms with van der Waals surface area (Å²) >= 11 is 0. The molecule has 0 unspecified atom stereocenters. The van der Waals surface area contributed by atoms with E-state index in [1.807, 2.05) is 12.1 Å². The first-order valence-corrected chi connectivity index (χ1v) is 14.6. The summed E-state index contributed by atoms with van der Waals surface area (Å²) in [5.74, 6) is 0.357. The van der Waals surface area contributed by atoms with E-state index in [4.69, 9.17) is 10.7 Å². The fourth-order valence-electron chi connectivity index (χ4n) is 5.53. The van der Waals surface area contributed by atoms with E-state index in [9.17, 15) is 14.3 Å². The highest BCUT2D eigenvalue weighted by Gasteiger charge is 2.18. The fraction of sp³-hybridized carbons (Fsp3) is 0.273. The van der Waals surface area contributed by atoms with E-state index in [1.54, 1.807) is 30.5 Å². The van der Waals surface area contributed by atoms with Gasteiger partial charge in [-0.15, -0.1) is 0 Å². The van der Waals surface area contributed by atoms with Crippen molar-refractivity contribution in [2.45, 2.75) is 25.7 Å². The number of aliphatic hydroxyl groups excluding tert-OH is 1. The van der Waals surface area contributed by atoms with Crippen LogP contribution in [-0.4, -0.2) is 62.1 Å². The van der Waals surface area contributed by atoms with Crippen LogP contribution in [0, 0.1) is 11.7 Å².